The quantitative estimate of drug-likeness (QED) is 0.302. The Bertz CT molecular complexity index is 1570. The lowest BCUT2D eigenvalue weighted by Gasteiger charge is -2.45. The van der Waals surface area contributed by atoms with Crippen molar-refractivity contribution in [2.24, 2.45) is 12.8 Å². The van der Waals surface area contributed by atoms with Crippen molar-refractivity contribution in [1.82, 2.24) is 30.0 Å². The number of imide groups is 1. The number of nitrogens with two attached hydrogens (primary N) is 1. The highest BCUT2D eigenvalue weighted by molar-refractivity contribution is 6.05. The minimum Gasteiger partial charge on any atom is -0.497 e. The summed E-state index contributed by atoms with van der Waals surface area (Å²) in [7, 11) is 3.41. The van der Waals surface area contributed by atoms with E-state index in [1.165, 1.54) is 4.90 Å². The second-order valence-electron chi connectivity index (χ2n) is 12.1. The Morgan fingerprint density at radius 3 is 2.34 bits per heavy atom. The zero-order chi connectivity index (χ0) is 33.7. The molecule has 2 aromatic carbocycles. The van der Waals surface area contributed by atoms with Gasteiger partial charge in [0.05, 0.1) is 19.5 Å². The summed E-state index contributed by atoms with van der Waals surface area (Å²) in [6, 6.07) is 14.7. The zero-order valence-electron chi connectivity index (χ0n) is 27.4. The number of methoxy groups -OCH3 is 1. The van der Waals surface area contributed by atoms with E-state index in [1.54, 1.807) is 29.1 Å². The standard InChI is InChI=1S/C34H44N8O5/c1-5-37-33(46)41-23(2)42(25-9-7-6-8-10-25)34(32(41)45)15-17-40(18-16-34)31(44)29(19-24-11-13-27(47-4)14-12-24)38-30(43)28(35)20-26-21-36-22-39(26)3/h6-14,21-23,28-29H,5,15-20,35H2,1-4H3,(H,37,46)(H,38,43)/t23-,28?,29-/m0/s1. The predicted octanol–water partition coefficient (Wildman–Crippen LogP) is 1.81. The van der Waals surface area contributed by atoms with Crippen LogP contribution in [0.3, 0.4) is 0 Å². The summed E-state index contributed by atoms with van der Waals surface area (Å²) in [5.74, 6) is -0.308. The van der Waals surface area contributed by atoms with E-state index in [0.29, 0.717) is 25.1 Å². The summed E-state index contributed by atoms with van der Waals surface area (Å²) in [6.07, 6.45) is 3.91. The van der Waals surface area contributed by atoms with Crippen LogP contribution in [-0.2, 0) is 34.3 Å². The van der Waals surface area contributed by atoms with Crippen molar-refractivity contribution in [2.45, 2.75) is 63.3 Å². The molecule has 3 heterocycles. The Kier molecular flexibility index (Phi) is 10.1. The first-order chi connectivity index (χ1) is 22.6. The molecule has 5 amide bonds. The number of para-hydroxylation sites is 1. The molecule has 0 saturated carbocycles. The number of piperidine rings is 1. The number of rotatable bonds is 10. The number of nitrogens with zero attached hydrogens (tertiary/aromatic N) is 5. The minimum absolute atomic E-state index is 0.242. The van der Waals surface area contributed by atoms with Gasteiger partial charge < -0.3 is 35.5 Å². The fourth-order valence-electron chi connectivity index (χ4n) is 6.67. The van der Waals surface area contributed by atoms with Crippen LogP contribution in [0.5, 0.6) is 5.75 Å². The molecule has 13 nitrogen and oxygen atoms in total. The fourth-order valence-corrected chi connectivity index (χ4v) is 6.67. The Morgan fingerprint density at radius 1 is 1.06 bits per heavy atom. The van der Waals surface area contributed by atoms with E-state index >= 15 is 0 Å². The van der Waals surface area contributed by atoms with Crippen LogP contribution < -0.4 is 26.0 Å². The van der Waals surface area contributed by atoms with Crippen molar-refractivity contribution in [3.63, 3.8) is 0 Å². The summed E-state index contributed by atoms with van der Waals surface area (Å²) in [5, 5.41) is 5.69. The maximum Gasteiger partial charge on any atom is 0.325 e. The van der Waals surface area contributed by atoms with E-state index in [1.807, 2.05) is 80.4 Å². The molecule has 3 atom stereocenters. The average molecular weight is 645 g/mol. The number of urea groups is 1. The van der Waals surface area contributed by atoms with Crippen LogP contribution in [-0.4, -0.2) is 93.6 Å². The van der Waals surface area contributed by atoms with Crippen LogP contribution in [0.2, 0.25) is 0 Å². The smallest absolute Gasteiger partial charge is 0.325 e. The van der Waals surface area contributed by atoms with Crippen LogP contribution in [0, 0.1) is 0 Å². The van der Waals surface area contributed by atoms with Crippen molar-refractivity contribution in [3.05, 3.63) is 78.4 Å². The van der Waals surface area contributed by atoms with Crippen LogP contribution in [0.15, 0.2) is 67.1 Å². The molecule has 0 aliphatic carbocycles. The number of imidazole rings is 1. The van der Waals surface area contributed by atoms with Gasteiger partial charge >= 0.3 is 6.03 Å². The first-order valence-corrected chi connectivity index (χ1v) is 16.0. The first kappa shape index (κ1) is 33.5. The Hall–Kier alpha value is -4.91. The fraction of sp³-hybridized carbons (Fsp3) is 0.441. The Morgan fingerprint density at radius 2 is 1.74 bits per heavy atom. The van der Waals surface area contributed by atoms with Crippen molar-refractivity contribution >= 4 is 29.4 Å². The molecule has 1 aromatic heterocycles. The third-order valence-electron chi connectivity index (χ3n) is 9.20. The number of amides is 5. The second-order valence-corrected chi connectivity index (χ2v) is 12.1. The summed E-state index contributed by atoms with van der Waals surface area (Å²) in [4.78, 5) is 63.8. The number of anilines is 1. The summed E-state index contributed by atoms with van der Waals surface area (Å²) in [5.41, 5.74) is 7.75. The van der Waals surface area contributed by atoms with Crippen molar-refractivity contribution in [1.29, 1.82) is 0 Å². The van der Waals surface area contributed by atoms with Crippen LogP contribution >= 0.6 is 0 Å². The molecule has 13 heteroatoms. The summed E-state index contributed by atoms with van der Waals surface area (Å²) < 4.78 is 7.08. The van der Waals surface area contributed by atoms with Gasteiger partial charge in [-0.25, -0.2) is 14.7 Å². The maximum atomic E-state index is 14.2. The van der Waals surface area contributed by atoms with E-state index < -0.39 is 35.7 Å². The van der Waals surface area contributed by atoms with Gasteiger partial charge in [-0.2, -0.15) is 0 Å². The minimum atomic E-state index is -1.01. The van der Waals surface area contributed by atoms with Gasteiger partial charge in [-0.05, 0) is 56.5 Å². The lowest BCUT2D eigenvalue weighted by molar-refractivity contribution is -0.140. The van der Waals surface area contributed by atoms with Gasteiger partial charge in [-0.15, -0.1) is 0 Å². The molecule has 2 aliphatic rings. The van der Waals surface area contributed by atoms with Gasteiger partial charge in [-0.3, -0.25) is 14.4 Å². The van der Waals surface area contributed by atoms with Crippen molar-refractivity contribution < 1.29 is 23.9 Å². The number of likely N-dealkylation sites (tertiary alicyclic amines) is 1. The van der Waals surface area contributed by atoms with E-state index in [2.05, 4.69) is 15.6 Å². The molecule has 2 fully saturated rings. The van der Waals surface area contributed by atoms with Crippen LogP contribution in [0.4, 0.5) is 10.5 Å². The van der Waals surface area contributed by atoms with Gasteiger partial charge in [0.15, 0.2) is 0 Å². The molecule has 250 valence electrons. The van der Waals surface area contributed by atoms with Gasteiger partial charge in [0.25, 0.3) is 5.91 Å². The number of hydrogen-bond donors (Lipinski definition) is 3. The number of benzene rings is 2. The number of aryl methyl sites for hydroxylation is 1. The van der Waals surface area contributed by atoms with Crippen molar-refractivity contribution in [3.8, 4) is 5.75 Å². The molecular weight excluding hydrogens is 600 g/mol. The second kappa shape index (κ2) is 14.2. The maximum absolute atomic E-state index is 14.2. The molecule has 2 aliphatic heterocycles. The molecule has 47 heavy (non-hydrogen) atoms. The Labute approximate surface area is 275 Å². The molecule has 0 bridgehead atoms. The van der Waals surface area contributed by atoms with E-state index in [9.17, 15) is 19.2 Å². The highest BCUT2D eigenvalue weighted by Crippen LogP contribution is 2.42. The predicted molar refractivity (Wildman–Crippen MR) is 176 cm³/mol. The molecule has 0 radical (unpaired) electrons. The molecule has 4 N–H and O–H groups in total. The number of carbonyl (C=O) groups is 4. The molecule has 2 saturated heterocycles. The summed E-state index contributed by atoms with van der Waals surface area (Å²) >= 11 is 0. The SMILES string of the molecule is CCNC(=O)N1C(=O)C2(CCN(C(=O)[C@H](Cc3ccc(OC)cc3)NC(=O)C(N)Cc3cncn3C)CC2)N(c2ccccc2)[C@H]1C. The number of carbonyl (C=O) groups excluding carboxylic acids is 4. The zero-order valence-corrected chi connectivity index (χ0v) is 27.4. The molecule has 1 spiro atoms. The van der Waals surface area contributed by atoms with E-state index in [0.717, 1.165) is 16.9 Å². The van der Waals surface area contributed by atoms with Gasteiger partial charge in [-0.1, -0.05) is 30.3 Å². The van der Waals surface area contributed by atoms with Gasteiger partial charge in [0.1, 0.15) is 23.5 Å². The van der Waals surface area contributed by atoms with Gasteiger partial charge in [0, 0.05) is 57.1 Å². The van der Waals surface area contributed by atoms with Crippen LogP contribution in [0.1, 0.15) is 37.9 Å². The largest absolute Gasteiger partial charge is 0.497 e. The van der Waals surface area contributed by atoms with Crippen molar-refractivity contribution in [2.75, 3.05) is 31.6 Å². The number of nitrogens with one attached hydrogen (secondary N) is 2. The third kappa shape index (κ3) is 6.80. The lowest BCUT2D eigenvalue weighted by Crippen LogP contribution is -2.61. The first-order valence-electron chi connectivity index (χ1n) is 16.0. The normalized spacial score (nSPS) is 18.6. The Balaban J connectivity index is 1.37. The number of aromatic nitrogens is 2. The summed E-state index contributed by atoms with van der Waals surface area (Å²) in [6.45, 7) is 4.58. The van der Waals surface area contributed by atoms with E-state index in [4.69, 9.17) is 10.5 Å². The van der Waals surface area contributed by atoms with Crippen LogP contribution in [0.25, 0.3) is 0 Å². The molecule has 3 aromatic rings. The van der Waals surface area contributed by atoms with Gasteiger partial charge in [0.2, 0.25) is 11.8 Å². The highest BCUT2D eigenvalue weighted by atomic mass is 16.5. The molecule has 1 unspecified atom stereocenters. The number of ether oxygens (including phenoxy) is 1. The lowest BCUT2D eigenvalue weighted by atomic mass is 9.85. The van der Waals surface area contributed by atoms with E-state index in [-0.39, 0.29) is 37.7 Å². The molecular formula is C34H44N8O5. The highest BCUT2D eigenvalue weighted by Gasteiger charge is 2.59. The third-order valence-corrected chi connectivity index (χ3v) is 9.20. The number of hydrogen-bond acceptors (Lipinski definition) is 8. The monoisotopic (exact) mass is 644 g/mol. The topological polar surface area (TPSA) is 155 Å². The molecule has 5 rings (SSSR count). The average Bonchev–Trinajstić information content (AvgIpc) is 3.57.